The van der Waals surface area contributed by atoms with Crippen molar-refractivity contribution in [1.29, 1.82) is 0 Å². The summed E-state index contributed by atoms with van der Waals surface area (Å²) < 4.78 is 26.8. The van der Waals surface area contributed by atoms with Crippen LogP contribution in [0.25, 0.3) is 0 Å². The van der Waals surface area contributed by atoms with Gasteiger partial charge in [-0.1, -0.05) is 0 Å². The Bertz CT molecular complexity index is 433. The van der Waals surface area contributed by atoms with E-state index in [1.54, 1.807) is 0 Å². The van der Waals surface area contributed by atoms with E-state index in [9.17, 15) is 8.78 Å². The highest BCUT2D eigenvalue weighted by Crippen LogP contribution is 2.41. The molecule has 1 aromatic carbocycles. The van der Waals surface area contributed by atoms with Crippen molar-refractivity contribution in [2.75, 3.05) is 25.5 Å². The normalized spacial score (nSPS) is 28.4. The second kappa shape index (κ2) is 3.42. The maximum absolute atomic E-state index is 13.6. The van der Waals surface area contributed by atoms with E-state index in [0.29, 0.717) is 5.69 Å². The van der Waals surface area contributed by atoms with Crippen LogP contribution in [0.4, 0.5) is 14.5 Å². The Labute approximate surface area is 93.3 Å². The molecule has 0 bridgehead atoms. The molecule has 16 heavy (non-hydrogen) atoms. The van der Waals surface area contributed by atoms with E-state index >= 15 is 0 Å². The summed E-state index contributed by atoms with van der Waals surface area (Å²) in [5.41, 5.74) is 1.31. The van der Waals surface area contributed by atoms with Crippen molar-refractivity contribution in [3.8, 4) is 0 Å². The molecule has 2 heterocycles. The van der Waals surface area contributed by atoms with Crippen molar-refractivity contribution in [3.63, 3.8) is 0 Å². The molecule has 4 heteroatoms. The highest BCUT2D eigenvalue weighted by atomic mass is 19.1. The summed E-state index contributed by atoms with van der Waals surface area (Å²) in [4.78, 5) is 2.21. The van der Waals surface area contributed by atoms with Gasteiger partial charge >= 0.3 is 0 Å². The fourth-order valence-electron chi connectivity index (χ4n) is 2.83. The fraction of sp³-hybridized carbons (Fsp3) is 0.500. The summed E-state index contributed by atoms with van der Waals surface area (Å²) in [5.74, 6) is -0.724. The molecule has 0 saturated carbocycles. The van der Waals surface area contributed by atoms with Crippen LogP contribution in [0.1, 0.15) is 17.9 Å². The molecule has 0 aromatic heterocycles. The van der Waals surface area contributed by atoms with E-state index in [-0.39, 0.29) is 12.0 Å². The molecule has 0 radical (unpaired) electrons. The Morgan fingerprint density at radius 2 is 2.19 bits per heavy atom. The number of rotatable bonds is 0. The smallest absolute Gasteiger partial charge is 0.149 e. The summed E-state index contributed by atoms with van der Waals surface area (Å²) in [7, 11) is 2.05. The third kappa shape index (κ3) is 1.40. The van der Waals surface area contributed by atoms with Gasteiger partial charge in [0.05, 0.1) is 5.69 Å². The summed E-state index contributed by atoms with van der Waals surface area (Å²) >= 11 is 0. The second-order valence-electron chi connectivity index (χ2n) is 4.76. The molecule has 0 amide bonds. The predicted octanol–water partition coefficient (Wildman–Crippen LogP) is 2.18. The van der Waals surface area contributed by atoms with E-state index in [0.717, 1.165) is 31.1 Å². The molecule has 2 aliphatic rings. The quantitative estimate of drug-likeness (QED) is 0.726. The first-order valence-corrected chi connectivity index (χ1v) is 5.59. The Morgan fingerprint density at radius 3 is 3.00 bits per heavy atom. The molecule has 3 rings (SSSR count). The zero-order chi connectivity index (χ0) is 11.3. The minimum absolute atomic E-state index is 0.221. The Hall–Kier alpha value is -1.16. The van der Waals surface area contributed by atoms with Crippen molar-refractivity contribution in [2.24, 2.45) is 0 Å². The monoisotopic (exact) mass is 224 g/mol. The van der Waals surface area contributed by atoms with Gasteiger partial charge in [0.25, 0.3) is 0 Å². The van der Waals surface area contributed by atoms with E-state index < -0.39 is 11.6 Å². The number of likely N-dealkylation sites (tertiary alicyclic amines) is 1. The first-order chi connectivity index (χ1) is 7.65. The number of anilines is 1. The maximum atomic E-state index is 13.6. The van der Waals surface area contributed by atoms with Crippen molar-refractivity contribution < 1.29 is 8.78 Å². The van der Waals surface area contributed by atoms with Crippen LogP contribution >= 0.6 is 0 Å². The average molecular weight is 224 g/mol. The first kappa shape index (κ1) is 10.0. The summed E-state index contributed by atoms with van der Waals surface area (Å²) in [6, 6.07) is 2.68. The minimum atomic E-state index is -0.480. The number of hydrogen-bond acceptors (Lipinski definition) is 2. The zero-order valence-electron chi connectivity index (χ0n) is 9.13. The number of fused-ring (bicyclic) bond motifs is 3. The lowest BCUT2D eigenvalue weighted by molar-refractivity contribution is 0.243. The van der Waals surface area contributed by atoms with E-state index in [4.69, 9.17) is 0 Å². The van der Waals surface area contributed by atoms with Gasteiger partial charge in [0.2, 0.25) is 0 Å². The minimum Gasteiger partial charge on any atom is -0.379 e. The van der Waals surface area contributed by atoms with Gasteiger partial charge in [-0.15, -0.1) is 0 Å². The molecule has 0 spiro atoms. The van der Waals surface area contributed by atoms with Gasteiger partial charge in [0.1, 0.15) is 11.6 Å². The van der Waals surface area contributed by atoms with E-state index in [2.05, 4.69) is 10.2 Å². The number of halogens is 2. The van der Waals surface area contributed by atoms with Crippen molar-refractivity contribution in [1.82, 2.24) is 4.90 Å². The van der Waals surface area contributed by atoms with Crippen molar-refractivity contribution in [3.05, 3.63) is 29.3 Å². The highest BCUT2D eigenvalue weighted by molar-refractivity contribution is 5.61. The largest absolute Gasteiger partial charge is 0.379 e. The molecule has 1 fully saturated rings. The summed E-state index contributed by atoms with van der Waals surface area (Å²) in [5, 5.41) is 3.18. The predicted molar refractivity (Wildman–Crippen MR) is 58.6 cm³/mol. The zero-order valence-corrected chi connectivity index (χ0v) is 9.13. The van der Waals surface area contributed by atoms with Crippen LogP contribution in [-0.4, -0.2) is 31.1 Å². The molecule has 1 N–H and O–H groups in total. The lowest BCUT2D eigenvalue weighted by atomic mass is 9.89. The molecular formula is C12H14F2N2. The van der Waals surface area contributed by atoms with Crippen LogP contribution < -0.4 is 5.32 Å². The SMILES string of the molecule is CN1CCC2Nc3c(F)cc(F)cc3C2C1. The van der Waals surface area contributed by atoms with Gasteiger partial charge in [0.15, 0.2) is 0 Å². The molecule has 1 aromatic rings. The second-order valence-corrected chi connectivity index (χ2v) is 4.76. The molecule has 2 unspecified atom stereocenters. The van der Waals surface area contributed by atoms with Gasteiger partial charge in [-0.05, 0) is 31.6 Å². The van der Waals surface area contributed by atoms with Crippen molar-refractivity contribution >= 4 is 5.69 Å². The lowest BCUT2D eigenvalue weighted by Gasteiger charge is -2.32. The van der Waals surface area contributed by atoms with Crippen LogP contribution in [0.2, 0.25) is 0 Å². The summed E-state index contributed by atoms with van der Waals surface area (Å²) in [6.45, 7) is 1.87. The van der Waals surface area contributed by atoms with Gasteiger partial charge in [0, 0.05) is 24.6 Å². The molecule has 2 aliphatic heterocycles. The van der Waals surface area contributed by atoms with Crippen molar-refractivity contribution in [2.45, 2.75) is 18.4 Å². The van der Waals surface area contributed by atoms with E-state index in [1.165, 1.54) is 6.07 Å². The topological polar surface area (TPSA) is 15.3 Å². The van der Waals surface area contributed by atoms with Crippen LogP contribution in [0.15, 0.2) is 12.1 Å². The molecular weight excluding hydrogens is 210 g/mol. The van der Waals surface area contributed by atoms with Crippen LogP contribution in [-0.2, 0) is 0 Å². The molecule has 2 atom stereocenters. The van der Waals surface area contributed by atoms with Gasteiger partial charge in [-0.25, -0.2) is 8.78 Å². The number of nitrogens with one attached hydrogen (secondary N) is 1. The lowest BCUT2D eigenvalue weighted by Crippen LogP contribution is -2.39. The van der Waals surface area contributed by atoms with E-state index in [1.807, 2.05) is 7.05 Å². The fourth-order valence-corrected chi connectivity index (χ4v) is 2.83. The maximum Gasteiger partial charge on any atom is 0.149 e. The molecule has 2 nitrogen and oxygen atoms in total. The van der Waals surface area contributed by atoms with Crippen LogP contribution in [0, 0.1) is 11.6 Å². The summed E-state index contributed by atoms with van der Waals surface area (Å²) in [6.07, 6.45) is 0.983. The number of likely N-dealkylation sites (N-methyl/N-ethyl adjacent to an activating group) is 1. The number of benzene rings is 1. The van der Waals surface area contributed by atoms with Gasteiger partial charge in [-0.3, -0.25) is 0 Å². The third-order valence-corrected chi connectivity index (χ3v) is 3.63. The Morgan fingerprint density at radius 1 is 1.38 bits per heavy atom. The van der Waals surface area contributed by atoms with Crippen LogP contribution in [0.3, 0.4) is 0 Å². The number of piperidine rings is 1. The Kier molecular flexibility index (Phi) is 2.14. The standard InChI is InChI=1S/C12H14F2N2/c1-16-3-2-11-9(6-16)8-4-7(13)5-10(14)12(8)15-11/h4-5,9,11,15H,2-3,6H2,1H3. The molecule has 1 saturated heterocycles. The molecule has 86 valence electrons. The van der Waals surface area contributed by atoms with Crippen LogP contribution in [0.5, 0.6) is 0 Å². The highest BCUT2D eigenvalue weighted by Gasteiger charge is 2.37. The molecule has 0 aliphatic carbocycles. The first-order valence-electron chi connectivity index (χ1n) is 5.59. The Balaban J connectivity index is 2.04. The van der Waals surface area contributed by atoms with Gasteiger partial charge < -0.3 is 10.2 Å². The average Bonchev–Trinajstić information content (AvgIpc) is 2.57. The third-order valence-electron chi connectivity index (χ3n) is 3.63. The number of nitrogens with zero attached hydrogens (tertiary/aromatic N) is 1. The van der Waals surface area contributed by atoms with Gasteiger partial charge in [-0.2, -0.15) is 0 Å². The number of hydrogen-bond donors (Lipinski definition) is 1.